The maximum Gasteiger partial charge on any atom is 0.392 e. The SMILES string of the molecule is CC(C)(C)C(O)CNC(=O)NCc1ccnc(OCCC(F)(F)F)c1. The van der Waals surface area contributed by atoms with Crippen LogP contribution in [-0.2, 0) is 6.54 Å². The monoisotopic (exact) mass is 363 g/mol. The predicted octanol–water partition coefficient (Wildman–Crippen LogP) is 2.62. The molecule has 0 aliphatic heterocycles. The van der Waals surface area contributed by atoms with Crippen LogP contribution in [0.3, 0.4) is 0 Å². The first-order chi connectivity index (χ1) is 11.5. The number of carbonyl (C=O) groups is 1. The highest BCUT2D eigenvalue weighted by atomic mass is 19.4. The second kappa shape index (κ2) is 8.89. The van der Waals surface area contributed by atoms with Crippen LogP contribution in [0.25, 0.3) is 0 Å². The quantitative estimate of drug-likeness (QED) is 0.695. The van der Waals surface area contributed by atoms with E-state index in [9.17, 15) is 23.1 Å². The highest BCUT2D eigenvalue weighted by Crippen LogP contribution is 2.20. The molecule has 1 rings (SSSR count). The van der Waals surface area contributed by atoms with Gasteiger partial charge in [-0.15, -0.1) is 0 Å². The number of hydrogen-bond acceptors (Lipinski definition) is 4. The van der Waals surface area contributed by atoms with Crippen LogP contribution in [0, 0.1) is 5.41 Å². The van der Waals surface area contributed by atoms with Gasteiger partial charge in [0.2, 0.25) is 5.88 Å². The van der Waals surface area contributed by atoms with Crippen molar-refractivity contribution in [3.8, 4) is 5.88 Å². The van der Waals surface area contributed by atoms with Gasteiger partial charge in [-0.1, -0.05) is 20.8 Å². The van der Waals surface area contributed by atoms with Crippen LogP contribution in [0.5, 0.6) is 5.88 Å². The molecule has 0 aromatic carbocycles. The molecule has 1 atom stereocenters. The summed E-state index contributed by atoms with van der Waals surface area (Å²) < 4.78 is 41.2. The number of aliphatic hydroxyl groups excluding tert-OH is 1. The molecule has 0 bridgehead atoms. The van der Waals surface area contributed by atoms with Crippen LogP contribution in [0.15, 0.2) is 18.3 Å². The molecule has 1 unspecified atom stereocenters. The molecule has 0 aliphatic rings. The summed E-state index contributed by atoms with van der Waals surface area (Å²) in [5.41, 5.74) is 0.282. The molecular formula is C16H24F3N3O3. The molecule has 9 heteroatoms. The summed E-state index contributed by atoms with van der Waals surface area (Å²) in [7, 11) is 0. The molecule has 1 aromatic rings. The van der Waals surface area contributed by atoms with Crippen molar-refractivity contribution < 1.29 is 27.8 Å². The molecule has 0 aliphatic carbocycles. The van der Waals surface area contributed by atoms with E-state index in [1.54, 1.807) is 6.07 Å². The number of alkyl halides is 3. The molecular weight excluding hydrogens is 339 g/mol. The average molecular weight is 363 g/mol. The summed E-state index contributed by atoms with van der Waals surface area (Å²) in [6.07, 6.45) is -4.64. The van der Waals surface area contributed by atoms with Gasteiger partial charge in [0, 0.05) is 25.4 Å². The smallest absolute Gasteiger partial charge is 0.392 e. The standard InChI is InChI=1S/C16H24F3N3O3/c1-15(2,3)12(23)10-22-14(24)21-9-11-4-6-20-13(8-11)25-7-5-16(17,18)19/h4,6,8,12,23H,5,7,9-10H2,1-3H3,(H2,21,22,24). The molecule has 2 amide bonds. The zero-order chi connectivity index (χ0) is 19.1. The predicted molar refractivity (Wildman–Crippen MR) is 86.1 cm³/mol. The number of urea groups is 1. The van der Waals surface area contributed by atoms with Gasteiger partial charge < -0.3 is 20.5 Å². The third kappa shape index (κ3) is 9.13. The van der Waals surface area contributed by atoms with Crippen LogP contribution in [-0.4, -0.2) is 41.6 Å². The van der Waals surface area contributed by atoms with Crippen LogP contribution in [0.1, 0.15) is 32.8 Å². The van der Waals surface area contributed by atoms with E-state index in [-0.39, 0.29) is 24.4 Å². The van der Waals surface area contributed by atoms with Crippen molar-refractivity contribution in [2.75, 3.05) is 13.2 Å². The Morgan fingerprint density at radius 2 is 2.00 bits per heavy atom. The second-order valence-corrected chi connectivity index (χ2v) is 6.66. The van der Waals surface area contributed by atoms with Crippen molar-refractivity contribution in [2.45, 2.75) is 46.0 Å². The van der Waals surface area contributed by atoms with Crippen molar-refractivity contribution in [1.29, 1.82) is 0 Å². The Morgan fingerprint density at radius 3 is 2.60 bits per heavy atom. The number of amides is 2. The van der Waals surface area contributed by atoms with Crippen molar-refractivity contribution in [3.63, 3.8) is 0 Å². The highest BCUT2D eigenvalue weighted by molar-refractivity contribution is 5.73. The highest BCUT2D eigenvalue weighted by Gasteiger charge is 2.27. The maximum absolute atomic E-state index is 12.1. The Kier molecular flexibility index (Phi) is 7.47. The van der Waals surface area contributed by atoms with Gasteiger partial charge in [0.15, 0.2) is 0 Å². The van der Waals surface area contributed by atoms with Gasteiger partial charge in [0.05, 0.1) is 19.1 Å². The fourth-order valence-corrected chi connectivity index (χ4v) is 1.65. The Balaban J connectivity index is 2.39. The Bertz CT molecular complexity index is 560. The zero-order valence-corrected chi connectivity index (χ0v) is 14.5. The van der Waals surface area contributed by atoms with Crippen LogP contribution in [0.2, 0.25) is 0 Å². The molecule has 0 saturated carbocycles. The lowest BCUT2D eigenvalue weighted by Crippen LogP contribution is -2.43. The van der Waals surface area contributed by atoms with Crippen molar-refractivity contribution >= 4 is 6.03 Å². The van der Waals surface area contributed by atoms with Crippen molar-refractivity contribution in [1.82, 2.24) is 15.6 Å². The van der Waals surface area contributed by atoms with E-state index in [1.165, 1.54) is 12.3 Å². The Morgan fingerprint density at radius 1 is 1.32 bits per heavy atom. The average Bonchev–Trinajstić information content (AvgIpc) is 2.48. The lowest BCUT2D eigenvalue weighted by atomic mass is 9.89. The summed E-state index contributed by atoms with van der Waals surface area (Å²) in [6, 6.07) is 2.61. The number of nitrogens with one attached hydrogen (secondary N) is 2. The molecule has 0 radical (unpaired) electrons. The second-order valence-electron chi connectivity index (χ2n) is 6.66. The van der Waals surface area contributed by atoms with Gasteiger partial charge in [0.1, 0.15) is 0 Å². The molecule has 1 aromatic heterocycles. The minimum Gasteiger partial charge on any atom is -0.477 e. The molecule has 1 heterocycles. The molecule has 142 valence electrons. The minimum absolute atomic E-state index is 0.0621. The maximum atomic E-state index is 12.1. The number of nitrogens with zero attached hydrogens (tertiary/aromatic N) is 1. The van der Waals surface area contributed by atoms with E-state index in [1.807, 2.05) is 20.8 Å². The van der Waals surface area contributed by atoms with Gasteiger partial charge in [-0.2, -0.15) is 13.2 Å². The third-order valence-electron chi connectivity index (χ3n) is 3.34. The Hall–Kier alpha value is -2.03. The number of rotatable bonds is 7. The number of pyridine rings is 1. The first kappa shape index (κ1) is 21.0. The van der Waals surface area contributed by atoms with E-state index in [2.05, 4.69) is 15.6 Å². The first-order valence-electron chi connectivity index (χ1n) is 7.81. The van der Waals surface area contributed by atoms with Crippen LogP contribution >= 0.6 is 0 Å². The number of ether oxygens (including phenoxy) is 1. The largest absolute Gasteiger partial charge is 0.477 e. The number of carbonyl (C=O) groups excluding carboxylic acids is 1. The van der Waals surface area contributed by atoms with E-state index < -0.39 is 31.3 Å². The van der Waals surface area contributed by atoms with E-state index in [0.29, 0.717) is 5.56 Å². The summed E-state index contributed by atoms with van der Waals surface area (Å²) in [6.45, 7) is 5.31. The fraction of sp³-hybridized carbons (Fsp3) is 0.625. The fourth-order valence-electron chi connectivity index (χ4n) is 1.65. The summed E-state index contributed by atoms with van der Waals surface area (Å²) >= 11 is 0. The third-order valence-corrected chi connectivity index (χ3v) is 3.34. The molecule has 25 heavy (non-hydrogen) atoms. The normalized spacial score (nSPS) is 13.2. The topological polar surface area (TPSA) is 83.5 Å². The number of aromatic nitrogens is 1. The molecule has 3 N–H and O–H groups in total. The zero-order valence-electron chi connectivity index (χ0n) is 14.5. The molecule has 6 nitrogen and oxygen atoms in total. The van der Waals surface area contributed by atoms with Gasteiger partial charge in [-0.3, -0.25) is 0 Å². The van der Waals surface area contributed by atoms with E-state index >= 15 is 0 Å². The van der Waals surface area contributed by atoms with Crippen LogP contribution in [0.4, 0.5) is 18.0 Å². The summed E-state index contributed by atoms with van der Waals surface area (Å²) in [5, 5.41) is 15.0. The Labute approximate surface area is 144 Å². The lowest BCUT2D eigenvalue weighted by Gasteiger charge is -2.25. The number of halogens is 3. The van der Waals surface area contributed by atoms with Crippen molar-refractivity contribution in [2.24, 2.45) is 5.41 Å². The van der Waals surface area contributed by atoms with Gasteiger partial charge in [-0.05, 0) is 17.0 Å². The molecule has 0 saturated heterocycles. The van der Waals surface area contributed by atoms with Crippen LogP contribution < -0.4 is 15.4 Å². The van der Waals surface area contributed by atoms with Crippen molar-refractivity contribution in [3.05, 3.63) is 23.9 Å². The van der Waals surface area contributed by atoms with E-state index in [0.717, 1.165) is 0 Å². The van der Waals surface area contributed by atoms with Gasteiger partial charge >= 0.3 is 12.2 Å². The van der Waals surface area contributed by atoms with Gasteiger partial charge in [0.25, 0.3) is 0 Å². The molecule has 0 fully saturated rings. The molecule has 0 spiro atoms. The minimum atomic E-state index is -4.28. The lowest BCUT2D eigenvalue weighted by molar-refractivity contribution is -0.139. The number of aliphatic hydroxyl groups is 1. The van der Waals surface area contributed by atoms with E-state index in [4.69, 9.17) is 4.74 Å². The first-order valence-corrected chi connectivity index (χ1v) is 7.81. The summed E-state index contributed by atoms with van der Waals surface area (Å²) in [4.78, 5) is 15.5. The van der Waals surface area contributed by atoms with Gasteiger partial charge in [-0.25, -0.2) is 9.78 Å². The number of hydrogen-bond donors (Lipinski definition) is 3. The summed E-state index contributed by atoms with van der Waals surface area (Å²) in [5.74, 6) is 0.0621.